The van der Waals surface area contributed by atoms with Gasteiger partial charge in [-0.25, -0.2) is 0 Å². The number of hydrogen-bond donors (Lipinski definition) is 1. The van der Waals surface area contributed by atoms with Gasteiger partial charge in [0.15, 0.2) is 0 Å². The molecule has 0 saturated heterocycles. The van der Waals surface area contributed by atoms with Crippen molar-refractivity contribution >= 4 is 23.2 Å². The predicted molar refractivity (Wildman–Crippen MR) is 126 cm³/mol. The second-order valence-electron chi connectivity index (χ2n) is 9.76. The minimum atomic E-state index is -0.393. The van der Waals surface area contributed by atoms with E-state index < -0.39 is 5.92 Å². The van der Waals surface area contributed by atoms with Crippen LogP contribution >= 0.6 is 11.3 Å². The van der Waals surface area contributed by atoms with Crippen molar-refractivity contribution in [2.24, 2.45) is 17.8 Å². The molecule has 1 aromatic carbocycles. The van der Waals surface area contributed by atoms with E-state index in [4.69, 9.17) is 0 Å². The molecule has 1 fully saturated rings. The largest absolute Gasteiger partial charge is 0.352 e. The molecule has 1 aromatic heterocycles. The summed E-state index contributed by atoms with van der Waals surface area (Å²) in [6, 6.07) is 11.7. The Morgan fingerprint density at radius 2 is 1.94 bits per heavy atom. The summed E-state index contributed by atoms with van der Waals surface area (Å²) in [7, 11) is 0. The molecule has 2 amide bonds. The molecule has 1 saturated carbocycles. The number of carbonyl (C=O) groups is 2. The molecule has 1 aliphatic heterocycles. The van der Waals surface area contributed by atoms with Gasteiger partial charge in [0.1, 0.15) is 0 Å². The minimum absolute atomic E-state index is 0.0337. The van der Waals surface area contributed by atoms with Gasteiger partial charge >= 0.3 is 0 Å². The summed E-state index contributed by atoms with van der Waals surface area (Å²) in [5, 5.41) is 5.45. The Morgan fingerprint density at radius 3 is 2.65 bits per heavy atom. The van der Waals surface area contributed by atoms with Crippen LogP contribution in [0.15, 0.2) is 41.8 Å². The van der Waals surface area contributed by atoms with E-state index in [9.17, 15) is 9.59 Å². The van der Waals surface area contributed by atoms with E-state index >= 15 is 0 Å². The number of fused-ring (bicyclic) bond motifs is 1. The fourth-order valence-electron chi connectivity index (χ4n) is 5.30. The lowest BCUT2D eigenvalue weighted by Crippen LogP contribution is -2.51. The summed E-state index contributed by atoms with van der Waals surface area (Å²) < 4.78 is 0. The molecule has 1 aliphatic carbocycles. The van der Waals surface area contributed by atoms with Gasteiger partial charge in [-0.15, -0.1) is 11.3 Å². The van der Waals surface area contributed by atoms with Crippen molar-refractivity contribution in [3.05, 3.63) is 57.8 Å². The fourth-order valence-corrected chi connectivity index (χ4v) is 6.18. The van der Waals surface area contributed by atoms with Crippen LogP contribution in [-0.2, 0) is 4.79 Å². The van der Waals surface area contributed by atoms with Crippen LogP contribution in [0, 0.1) is 17.8 Å². The van der Waals surface area contributed by atoms with Crippen LogP contribution in [0.3, 0.4) is 0 Å². The van der Waals surface area contributed by atoms with Gasteiger partial charge < -0.3 is 10.2 Å². The summed E-state index contributed by atoms with van der Waals surface area (Å²) in [4.78, 5) is 30.4. The number of carbonyl (C=O) groups excluding carboxylic acids is 2. The second kappa shape index (κ2) is 9.15. The van der Waals surface area contributed by atoms with Crippen LogP contribution in [0.4, 0.5) is 0 Å². The number of amides is 2. The molecule has 4 nitrogen and oxygen atoms in total. The number of rotatable bonds is 5. The lowest BCUT2D eigenvalue weighted by molar-refractivity contribution is -0.125. The number of thiophene rings is 1. The van der Waals surface area contributed by atoms with E-state index in [1.165, 1.54) is 6.42 Å². The third-order valence-corrected chi connectivity index (χ3v) is 8.10. The zero-order valence-corrected chi connectivity index (χ0v) is 19.8. The SMILES string of the molecule is CC(C)CN1C(=O)c2ccccc2[C@H](C(=O)N[C@@H]2CCC[C@H](C)[C@@H]2C)[C@H]1c1cccs1. The number of benzene rings is 1. The van der Waals surface area contributed by atoms with Crippen molar-refractivity contribution in [3.8, 4) is 0 Å². The molecule has 2 aromatic rings. The summed E-state index contributed by atoms with van der Waals surface area (Å²) >= 11 is 1.63. The maximum atomic E-state index is 13.9. The van der Waals surface area contributed by atoms with Crippen molar-refractivity contribution in [3.63, 3.8) is 0 Å². The molecule has 0 spiro atoms. The van der Waals surface area contributed by atoms with Gasteiger partial charge in [-0.1, -0.05) is 64.8 Å². The van der Waals surface area contributed by atoms with Gasteiger partial charge in [-0.05, 0) is 47.3 Å². The number of hydrogen-bond acceptors (Lipinski definition) is 3. The highest BCUT2D eigenvalue weighted by atomic mass is 32.1. The minimum Gasteiger partial charge on any atom is -0.352 e. The van der Waals surface area contributed by atoms with Gasteiger partial charge in [0.2, 0.25) is 5.91 Å². The first-order valence-electron chi connectivity index (χ1n) is 11.6. The van der Waals surface area contributed by atoms with E-state index in [0.717, 1.165) is 23.3 Å². The molecule has 2 aliphatic rings. The predicted octanol–water partition coefficient (Wildman–Crippen LogP) is 5.63. The molecule has 1 N–H and O–H groups in total. The topological polar surface area (TPSA) is 49.4 Å². The maximum Gasteiger partial charge on any atom is 0.254 e. The molecule has 0 unspecified atom stereocenters. The van der Waals surface area contributed by atoms with Gasteiger partial charge in [0, 0.05) is 23.0 Å². The van der Waals surface area contributed by atoms with Crippen LogP contribution in [-0.4, -0.2) is 29.3 Å². The summed E-state index contributed by atoms with van der Waals surface area (Å²) in [6.45, 7) is 9.43. The van der Waals surface area contributed by atoms with Crippen molar-refractivity contribution in [2.75, 3.05) is 6.54 Å². The van der Waals surface area contributed by atoms with Crippen LogP contribution in [0.2, 0.25) is 0 Å². The highest BCUT2D eigenvalue weighted by Crippen LogP contribution is 2.45. The maximum absolute atomic E-state index is 13.9. The first-order valence-corrected chi connectivity index (χ1v) is 12.5. The fraction of sp³-hybridized carbons (Fsp3) is 0.538. The van der Waals surface area contributed by atoms with E-state index in [0.29, 0.717) is 29.9 Å². The van der Waals surface area contributed by atoms with E-state index in [2.05, 4.69) is 39.1 Å². The second-order valence-corrected chi connectivity index (χ2v) is 10.7. The highest BCUT2D eigenvalue weighted by Gasteiger charge is 2.45. The monoisotopic (exact) mass is 438 g/mol. The van der Waals surface area contributed by atoms with Crippen LogP contribution in [0.25, 0.3) is 0 Å². The number of nitrogens with one attached hydrogen (secondary N) is 1. The Kier molecular flexibility index (Phi) is 6.52. The van der Waals surface area contributed by atoms with E-state index in [-0.39, 0.29) is 23.9 Å². The Bertz CT molecular complexity index is 923. The summed E-state index contributed by atoms with van der Waals surface area (Å²) in [5.41, 5.74) is 1.53. The Labute approximate surface area is 190 Å². The third-order valence-electron chi connectivity index (χ3n) is 7.15. The first kappa shape index (κ1) is 22.1. The van der Waals surface area contributed by atoms with E-state index in [1.54, 1.807) is 11.3 Å². The smallest absolute Gasteiger partial charge is 0.254 e. The molecule has 5 heteroatoms. The Balaban J connectivity index is 1.75. The lowest BCUT2D eigenvalue weighted by atomic mass is 9.77. The normalized spacial score (nSPS) is 28.5. The lowest BCUT2D eigenvalue weighted by Gasteiger charge is -2.43. The third kappa shape index (κ3) is 4.30. The van der Waals surface area contributed by atoms with E-state index in [1.807, 2.05) is 40.6 Å². The van der Waals surface area contributed by atoms with Gasteiger partial charge in [-0.2, -0.15) is 0 Å². The van der Waals surface area contributed by atoms with Gasteiger partial charge in [0.05, 0.1) is 12.0 Å². The van der Waals surface area contributed by atoms with Crippen molar-refractivity contribution in [1.82, 2.24) is 10.2 Å². The zero-order chi connectivity index (χ0) is 22.1. The standard InChI is InChI=1S/C26H34N2O2S/c1-16(2)15-28-24(22-13-8-14-31-22)23(19-10-5-6-11-20(19)26(28)30)25(29)27-21-12-7-9-17(3)18(21)4/h5-6,8,10-11,13-14,16-18,21,23-24H,7,9,12,15H2,1-4H3,(H,27,29)/t17-,18-,21+,23-,24+/m0/s1. The Hall–Kier alpha value is -2.14. The van der Waals surface area contributed by atoms with Crippen LogP contribution in [0.1, 0.15) is 79.7 Å². The number of nitrogens with zero attached hydrogens (tertiary/aromatic N) is 1. The molecule has 5 atom stereocenters. The molecule has 31 heavy (non-hydrogen) atoms. The molecule has 166 valence electrons. The average Bonchev–Trinajstić information content (AvgIpc) is 3.27. The first-order chi connectivity index (χ1) is 14.9. The Morgan fingerprint density at radius 1 is 1.16 bits per heavy atom. The molecule has 4 rings (SSSR count). The molecule has 2 heterocycles. The van der Waals surface area contributed by atoms with Crippen molar-refractivity contribution < 1.29 is 9.59 Å². The molecule has 0 radical (unpaired) electrons. The van der Waals surface area contributed by atoms with Gasteiger partial charge in [-0.3, -0.25) is 9.59 Å². The molecular weight excluding hydrogens is 404 g/mol. The van der Waals surface area contributed by atoms with Crippen molar-refractivity contribution in [1.29, 1.82) is 0 Å². The zero-order valence-electron chi connectivity index (χ0n) is 19.0. The summed E-state index contributed by atoms with van der Waals surface area (Å²) in [6.07, 6.45) is 3.42. The van der Waals surface area contributed by atoms with Crippen LogP contribution < -0.4 is 5.32 Å². The van der Waals surface area contributed by atoms with Gasteiger partial charge in [0.25, 0.3) is 5.91 Å². The molecular formula is C26H34N2O2S. The quantitative estimate of drug-likeness (QED) is 0.658. The summed E-state index contributed by atoms with van der Waals surface area (Å²) in [5.74, 6) is 1.09. The highest BCUT2D eigenvalue weighted by molar-refractivity contribution is 7.10. The average molecular weight is 439 g/mol. The van der Waals surface area contributed by atoms with Crippen molar-refractivity contribution in [2.45, 2.75) is 65.0 Å². The molecule has 0 bridgehead atoms. The van der Waals surface area contributed by atoms with Crippen LogP contribution in [0.5, 0.6) is 0 Å².